The van der Waals surface area contributed by atoms with Crippen molar-refractivity contribution in [2.75, 3.05) is 24.5 Å². The van der Waals surface area contributed by atoms with E-state index in [1.807, 2.05) is 0 Å². The van der Waals surface area contributed by atoms with Crippen molar-refractivity contribution in [3.05, 3.63) is 28.7 Å². The largest absolute Gasteiger partial charge is 0.396 e. The van der Waals surface area contributed by atoms with Gasteiger partial charge in [-0.05, 0) is 46.8 Å². The van der Waals surface area contributed by atoms with Crippen molar-refractivity contribution in [2.45, 2.75) is 26.7 Å². The quantitative estimate of drug-likeness (QED) is 0.460. The minimum atomic E-state index is -0.310. The Bertz CT molecular complexity index is 806. The molecule has 26 heavy (non-hydrogen) atoms. The topological polar surface area (TPSA) is 76.6 Å². The van der Waals surface area contributed by atoms with E-state index in [0.717, 1.165) is 31.7 Å². The summed E-state index contributed by atoms with van der Waals surface area (Å²) in [5.74, 6) is 7.16. The summed E-state index contributed by atoms with van der Waals surface area (Å²) >= 11 is 3.38. The Labute approximate surface area is 160 Å². The molecule has 0 amide bonds. The number of nitrogens with zero attached hydrogens (tertiary/aromatic N) is 4. The van der Waals surface area contributed by atoms with Crippen LogP contribution in [0.5, 0.6) is 0 Å². The highest BCUT2D eigenvalue weighted by Gasteiger charge is 2.26. The molecule has 1 fully saturated rings. The number of aliphatic imine (C=N–C) groups is 1. The number of benzene rings is 1. The molecule has 0 atom stereocenters. The Morgan fingerprint density at radius 3 is 2.77 bits per heavy atom. The van der Waals surface area contributed by atoms with Gasteiger partial charge in [-0.1, -0.05) is 13.8 Å². The third kappa shape index (κ3) is 4.12. The summed E-state index contributed by atoms with van der Waals surface area (Å²) in [5.41, 5.74) is 0.711. The number of anilines is 1. The zero-order valence-electron chi connectivity index (χ0n) is 15.0. The molecule has 1 aromatic heterocycles. The van der Waals surface area contributed by atoms with Gasteiger partial charge in [-0.25, -0.2) is 14.4 Å². The molecule has 0 unspecified atom stereocenters. The second-order valence-electron chi connectivity index (χ2n) is 6.93. The Hall–Kier alpha value is -1.80. The van der Waals surface area contributed by atoms with Crippen LogP contribution in [-0.4, -0.2) is 35.5 Å². The predicted octanol–water partition coefficient (Wildman–Crippen LogP) is 3.69. The van der Waals surface area contributed by atoms with Crippen molar-refractivity contribution >= 4 is 38.5 Å². The van der Waals surface area contributed by atoms with E-state index >= 15 is 0 Å². The molecule has 0 bridgehead atoms. The summed E-state index contributed by atoms with van der Waals surface area (Å²) in [6, 6.07) is 2.90. The maximum Gasteiger partial charge on any atom is 0.212 e. The van der Waals surface area contributed by atoms with Gasteiger partial charge in [0.25, 0.3) is 0 Å². The summed E-state index contributed by atoms with van der Waals surface area (Å²) < 4.78 is 14.5. The average Bonchev–Trinajstić information content (AvgIpc) is 2.62. The summed E-state index contributed by atoms with van der Waals surface area (Å²) in [5, 5.41) is 0.710. The van der Waals surface area contributed by atoms with Crippen LogP contribution in [0.15, 0.2) is 27.9 Å². The second kappa shape index (κ2) is 8.26. The average molecular weight is 424 g/mol. The van der Waals surface area contributed by atoms with Crippen LogP contribution in [0.3, 0.4) is 0 Å². The maximum absolute atomic E-state index is 13.9. The smallest absolute Gasteiger partial charge is 0.212 e. The number of rotatable bonds is 4. The molecule has 140 valence electrons. The van der Waals surface area contributed by atoms with Gasteiger partial charge in [0.2, 0.25) is 5.90 Å². The Kier molecular flexibility index (Phi) is 6.03. The van der Waals surface area contributed by atoms with Crippen molar-refractivity contribution in [2.24, 2.45) is 22.7 Å². The number of fused-ring (bicyclic) bond motifs is 1. The van der Waals surface area contributed by atoms with Gasteiger partial charge in [-0.3, -0.25) is 4.99 Å². The van der Waals surface area contributed by atoms with Gasteiger partial charge in [0.1, 0.15) is 18.0 Å². The number of aromatic nitrogens is 2. The molecular formula is C18H23BrFN5O. The molecule has 1 aromatic carbocycles. The van der Waals surface area contributed by atoms with Gasteiger partial charge < -0.3 is 9.74 Å². The highest BCUT2D eigenvalue weighted by Crippen LogP contribution is 2.31. The van der Waals surface area contributed by atoms with Crippen LogP contribution in [0.2, 0.25) is 0 Å². The van der Waals surface area contributed by atoms with Crippen molar-refractivity contribution < 1.29 is 9.23 Å². The molecule has 1 aliphatic heterocycles. The van der Waals surface area contributed by atoms with E-state index in [1.165, 1.54) is 18.5 Å². The Balaban J connectivity index is 1.78. The fourth-order valence-electron chi connectivity index (χ4n) is 3.20. The minimum Gasteiger partial charge on any atom is -0.396 e. The molecule has 8 heteroatoms. The number of nitrogens with two attached hydrogens (primary N) is 1. The number of hydrogen-bond acceptors (Lipinski definition) is 6. The molecule has 2 heterocycles. The van der Waals surface area contributed by atoms with Crippen molar-refractivity contribution in [3.63, 3.8) is 0 Å². The summed E-state index contributed by atoms with van der Waals surface area (Å²) in [4.78, 5) is 20.4. The van der Waals surface area contributed by atoms with Crippen LogP contribution in [0.4, 0.5) is 10.2 Å². The molecule has 0 spiro atoms. The van der Waals surface area contributed by atoms with E-state index in [0.29, 0.717) is 33.7 Å². The lowest BCUT2D eigenvalue weighted by atomic mass is 9.96. The van der Waals surface area contributed by atoms with Crippen LogP contribution >= 0.6 is 15.9 Å². The SMILES string of the molecule is CC(C)CN=C(ON)C1CCN(c2ncnc3c(Br)cc(F)cc23)CC1. The number of halogens is 2. The summed E-state index contributed by atoms with van der Waals surface area (Å²) in [6.07, 6.45) is 3.23. The van der Waals surface area contributed by atoms with E-state index < -0.39 is 0 Å². The van der Waals surface area contributed by atoms with Crippen molar-refractivity contribution in [1.29, 1.82) is 0 Å². The summed E-state index contributed by atoms with van der Waals surface area (Å²) in [7, 11) is 0. The Morgan fingerprint density at radius 2 is 2.12 bits per heavy atom. The third-order valence-electron chi connectivity index (χ3n) is 4.51. The van der Waals surface area contributed by atoms with Crippen molar-refractivity contribution in [3.8, 4) is 0 Å². The first-order valence-corrected chi connectivity index (χ1v) is 9.54. The fourth-order valence-corrected chi connectivity index (χ4v) is 3.74. The monoisotopic (exact) mass is 423 g/mol. The predicted molar refractivity (Wildman–Crippen MR) is 105 cm³/mol. The molecule has 0 saturated carbocycles. The lowest BCUT2D eigenvalue weighted by molar-refractivity contribution is 0.278. The Morgan fingerprint density at radius 1 is 1.38 bits per heavy atom. The lowest BCUT2D eigenvalue weighted by Crippen LogP contribution is -2.38. The first-order chi connectivity index (χ1) is 12.5. The third-order valence-corrected chi connectivity index (χ3v) is 5.12. The normalized spacial score (nSPS) is 16.5. The first kappa shape index (κ1) is 19.0. The molecule has 1 aliphatic rings. The van der Waals surface area contributed by atoms with E-state index in [2.05, 4.69) is 49.6 Å². The van der Waals surface area contributed by atoms with Crippen LogP contribution in [0.1, 0.15) is 26.7 Å². The molecular weight excluding hydrogens is 401 g/mol. The van der Waals surface area contributed by atoms with E-state index in [9.17, 15) is 4.39 Å². The van der Waals surface area contributed by atoms with Gasteiger partial charge in [0.15, 0.2) is 0 Å². The standard InChI is InChI=1S/C18H23BrFN5O/c1-11(2)9-22-18(26-21)12-3-5-25(6-4-12)17-14-7-13(20)8-15(19)16(14)23-10-24-17/h7-8,10-12H,3-6,9,21H2,1-2H3. The molecule has 2 N–H and O–H groups in total. The van der Waals surface area contributed by atoms with Crippen LogP contribution in [0, 0.1) is 17.7 Å². The lowest BCUT2D eigenvalue weighted by Gasteiger charge is -2.33. The van der Waals surface area contributed by atoms with Gasteiger partial charge in [0, 0.05) is 35.4 Å². The number of hydrogen-bond donors (Lipinski definition) is 1. The van der Waals surface area contributed by atoms with E-state index in [-0.39, 0.29) is 11.7 Å². The molecule has 6 nitrogen and oxygen atoms in total. The van der Waals surface area contributed by atoms with Gasteiger partial charge >= 0.3 is 0 Å². The van der Waals surface area contributed by atoms with E-state index in [1.54, 1.807) is 0 Å². The van der Waals surface area contributed by atoms with Crippen molar-refractivity contribution in [1.82, 2.24) is 9.97 Å². The van der Waals surface area contributed by atoms with E-state index in [4.69, 9.17) is 10.7 Å². The van der Waals surface area contributed by atoms with Gasteiger partial charge in [-0.15, -0.1) is 0 Å². The zero-order valence-corrected chi connectivity index (χ0v) is 16.5. The van der Waals surface area contributed by atoms with Gasteiger partial charge in [-0.2, -0.15) is 5.90 Å². The molecule has 0 radical (unpaired) electrons. The highest BCUT2D eigenvalue weighted by atomic mass is 79.9. The van der Waals surface area contributed by atoms with Crippen LogP contribution < -0.4 is 10.8 Å². The highest BCUT2D eigenvalue weighted by molar-refractivity contribution is 9.10. The first-order valence-electron chi connectivity index (χ1n) is 8.75. The molecule has 3 rings (SSSR count). The second-order valence-corrected chi connectivity index (χ2v) is 7.79. The fraction of sp³-hybridized carbons (Fsp3) is 0.500. The minimum absolute atomic E-state index is 0.201. The summed E-state index contributed by atoms with van der Waals surface area (Å²) in [6.45, 7) is 6.47. The van der Waals surface area contributed by atoms with Gasteiger partial charge in [0.05, 0.1) is 5.52 Å². The van der Waals surface area contributed by atoms with Crippen LogP contribution in [0.25, 0.3) is 10.9 Å². The molecule has 1 saturated heterocycles. The molecule has 0 aliphatic carbocycles. The van der Waals surface area contributed by atoms with Crippen LogP contribution in [-0.2, 0) is 4.84 Å². The molecule has 2 aromatic rings. The number of piperidine rings is 1. The maximum atomic E-state index is 13.9. The zero-order chi connectivity index (χ0) is 18.7.